The molecule has 0 spiro atoms. The molecule has 0 aliphatic rings. The molecule has 118 valence electrons. The normalized spacial score (nSPS) is 11.3. The lowest BCUT2D eigenvalue weighted by Crippen LogP contribution is -2.19. The second-order valence-corrected chi connectivity index (χ2v) is 4.44. The molecule has 0 aliphatic heterocycles. The van der Waals surface area contributed by atoms with Gasteiger partial charge in [-0.2, -0.15) is 13.2 Å². The smallest absolute Gasteiger partial charge is 0.422 e. The lowest BCUT2D eigenvalue weighted by molar-refractivity contribution is -0.153. The molecule has 1 aromatic heterocycles. The van der Waals surface area contributed by atoms with E-state index in [1.54, 1.807) is 30.3 Å². The second-order valence-electron chi connectivity index (χ2n) is 4.44. The Morgan fingerprint density at radius 1 is 1.05 bits per heavy atom. The number of para-hydroxylation sites is 1. The molecule has 1 aromatic carbocycles. The quantitative estimate of drug-likeness (QED) is 0.890. The largest absolute Gasteiger partial charge is 0.487 e. The highest BCUT2D eigenvalue weighted by molar-refractivity contribution is 5.33. The number of ether oxygens (including phenoxy) is 2. The first-order chi connectivity index (χ1) is 10.5. The van der Waals surface area contributed by atoms with Gasteiger partial charge in [-0.05, 0) is 18.2 Å². The van der Waals surface area contributed by atoms with Gasteiger partial charge >= 0.3 is 6.18 Å². The first-order valence-corrected chi connectivity index (χ1v) is 6.44. The highest BCUT2D eigenvalue weighted by atomic mass is 19.4. The summed E-state index contributed by atoms with van der Waals surface area (Å²) in [7, 11) is 0. The van der Waals surface area contributed by atoms with E-state index in [9.17, 15) is 13.2 Å². The Balaban J connectivity index is 1.99. The molecule has 22 heavy (non-hydrogen) atoms. The van der Waals surface area contributed by atoms with Crippen molar-refractivity contribution in [2.45, 2.75) is 19.4 Å². The van der Waals surface area contributed by atoms with E-state index in [1.165, 1.54) is 12.3 Å². The standard InChI is InChI=1S/C15H14F3NO3/c16-15(17,18)10-22-14-4-2-1-3-11(14)9-21-13-6-5-12(8-20)19-7-13/h1-7,20H,8-10H2. The van der Waals surface area contributed by atoms with E-state index in [2.05, 4.69) is 4.98 Å². The zero-order chi connectivity index (χ0) is 16.0. The summed E-state index contributed by atoms with van der Waals surface area (Å²) in [5, 5.41) is 8.89. The summed E-state index contributed by atoms with van der Waals surface area (Å²) in [6, 6.07) is 9.58. The third kappa shape index (κ3) is 4.92. The fraction of sp³-hybridized carbons (Fsp3) is 0.267. The van der Waals surface area contributed by atoms with Gasteiger partial charge in [0.25, 0.3) is 0 Å². The number of hydrogen-bond acceptors (Lipinski definition) is 4. The van der Waals surface area contributed by atoms with Gasteiger partial charge < -0.3 is 14.6 Å². The molecule has 0 aliphatic carbocycles. The SMILES string of the molecule is OCc1ccc(OCc2ccccc2OCC(F)(F)F)cn1. The molecular formula is C15H14F3NO3. The van der Waals surface area contributed by atoms with E-state index in [0.29, 0.717) is 17.0 Å². The van der Waals surface area contributed by atoms with Crippen LogP contribution in [0.1, 0.15) is 11.3 Å². The van der Waals surface area contributed by atoms with Crippen LogP contribution in [-0.4, -0.2) is 22.9 Å². The monoisotopic (exact) mass is 313 g/mol. The van der Waals surface area contributed by atoms with Gasteiger partial charge in [0.05, 0.1) is 18.5 Å². The lowest BCUT2D eigenvalue weighted by atomic mass is 10.2. The van der Waals surface area contributed by atoms with Gasteiger partial charge in [-0.3, -0.25) is 4.98 Å². The van der Waals surface area contributed by atoms with Crippen molar-refractivity contribution in [3.8, 4) is 11.5 Å². The summed E-state index contributed by atoms with van der Waals surface area (Å²) in [5.74, 6) is 0.572. The highest BCUT2D eigenvalue weighted by Gasteiger charge is 2.28. The molecule has 0 unspecified atom stereocenters. The zero-order valence-electron chi connectivity index (χ0n) is 11.5. The molecule has 0 bridgehead atoms. The molecule has 4 nitrogen and oxygen atoms in total. The van der Waals surface area contributed by atoms with Gasteiger partial charge in [-0.25, -0.2) is 0 Å². The number of hydrogen-bond donors (Lipinski definition) is 1. The van der Waals surface area contributed by atoms with Crippen molar-refractivity contribution in [1.82, 2.24) is 4.98 Å². The predicted octanol–water partition coefficient (Wildman–Crippen LogP) is 3.09. The van der Waals surface area contributed by atoms with Crippen LogP contribution in [0.5, 0.6) is 11.5 Å². The molecule has 0 fully saturated rings. The Labute approximate surface area is 125 Å². The predicted molar refractivity (Wildman–Crippen MR) is 72.5 cm³/mol. The molecule has 0 radical (unpaired) electrons. The second kappa shape index (κ2) is 7.13. The molecule has 0 saturated carbocycles. The van der Waals surface area contributed by atoms with Crippen LogP contribution in [-0.2, 0) is 13.2 Å². The van der Waals surface area contributed by atoms with Crippen molar-refractivity contribution < 1.29 is 27.8 Å². The molecule has 1 heterocycles. The summed E-state index contributed by atoms with van der Waals surface area (Å²) in [5.41, 5.74) is 0.999. The number of aliphatic hydroxyl groups excluding tert-OH is 1. The van der Waals surface area contributed by atoms with Crippen molar-refractivity contribution >= 4 is 0 Å². The average molecular weight is 313 g/mol. The molecular weight excluding hydrogens is 299 g/mol. The third-order valence-corrected chi connectivity index (χ3v) is 2.72. The van der Waals surface area contributed by atoms with Crippen LogP contribution in [0.25, 0.3) is 0 Å². The Hall–Kier alpha value is -2.28. The maximum atomic E-state index is 12.2. The van der Waals surface area contributed by atoms with Crippen LogP contribution in [0.15, 0.2) is 42.6 Å². The minimum absolute atomic E-state index is 0.0498. The number of pyridine rings is 1. The number of aromatic nitrogens is 1. The van der Waals surface area contributed by atoms with Crippen molar-refractivity contribution in [2.24, 2.45) is 0 Å². The maximum Gasteiger partial charge on any atom is 0.422 e. The van der Waals surface area contributed by atoms with Crippen molar-refractivity contribution in [3.05, 3.63) is 53.9 Å². The van der Waals surface area contributed by atoms with Crippen LogP contribution in [0, 0.1) is 0 Å². The van der Waals surface area contributed by atoms with Gasteiger partial charge in [-0.1, -0.05) is 18.2 Å². The van der Waals surface area contributed by atoms with E-state index >= 15 is 0 Å². The van der Waals surface area contributed by atoms with Crippen LogP contribution < -0.4 is 9.47 Å². The first kappa shape index (κ1) is 16.1. The van der Waals surface area contributed by atoms with E-state index in [4.69, 9.17) is 14.6 Å². The molecule has 7 heteroatoms. The Bertz CT molecular complexity index is 600. The van der Waals surface area contributed by atoms with Crippen LogP contribution in [0.3, 0.4) is 0 Å². The molecule has 0 atom stereocenters. The lowest BCUT2D eigenvalue weighted by Gasteiger charge is -2.13. The van der Waals surface area contributed by atoms with Crippen LogP contribution in [0.2, 0.25) is 0 Å². The molecule has 0 saturated heterocycles. The van der Waals surface area contributed by atoms with E-state index in [0.717, 1.165) is 0 Å². The Morgan fingerprint density at radius 2 is 1.82 bits per heavy atom. The van der Waals surface area contributed by atoms with Crippen LogP contribution >= 0.6 is 0 Å². The minimum atomic E-state index is -4.39. The summed E-state index contributed by atoms with van der Waals surface area (Å²) < 4.78 is 46.9. The summed E-state index contributed by atoms with van der Waals surface area (Å²) in [6.07, 6.45) is -2.96. The van der Waals surface area contributed by atoms with Crippen molar-refractivity contribution in [3.63, 3.8) is 0 Å². The van der Waals surface area contributed by atoms with Gasteiger partial charge in [0.2, 0.25) is 0 Å². The van der Waals surface area contributed by atoms with Gasteiger partial charge in [-0.15, -0.1) is 0 Å². The highest BCUT2D eigenvalue weighted by Crippen LogP contribution is 2.23. The number of halogens is 3. The van der Waals surface area contributed by atoms with E-state index in [1.807, 2.05) is 0 Å². The number of aliphatic hydroxyl groups is 1. The van der Waals surface area contributed by atoms with E-state index in [-0.39, 0.29) is 19.0 Å². The zero-order valence-corrected chi connectivity index (χ0v) is 11.5. The molecule has 2 rings (SSSR count). The maximum absolute atomic E-state index is 12.2. The number of alkyl halides is 3. The topological polar surface area (TPSA) is 51.6 Å². The Morgan fingerprint density at radius 3 is 2.45 bits per heavy atom. The van der Waals surface area contributed by atoms with Crippen LogP contribution in [0.4, 0.5) is 13.2 Å². The summed E-state index contributed by atoms with van der Waals surface area (Å²) in [6.45, 7) is -1.47. The summed E-state index contributed by atoms with van der Waals surface area (Å²) in [4.78, 5) is 3.95. The average Bonchev–Trinajstić information content (AvgIpc) is 2.51. The summed E-state index contributed by atoms with van der Waals surface area (Å²) >= 11 is 0. The molecule has 1 N–H and O–H groups in total. The fourth-order valence-corrected chi connectivity index (χ4v) is 1.67. The van der Waals surface area contributed by atoms with Gasteiger partial charge in [0.15, 0.2) is 6.61 Å². The number of rotatable bonds is 6. The first-order valence-electron chi connectivity index (χ1n) is 6.44. The van der Waals surface area contributed by atoms with Gasteiger partial charge in [0, 0.05) is 5.56 Å². The number of nitrogens with zero attached hydrogens (tertiary/aromatic N) is 1. The number of benzene rings is 1. The fourth-order valence-electron chi connectivity index (χ4n) is 1.67. The molecule has 0 amide bonds. The minimum Gasteiger partial charge on any atom is -0.487 e. The van der Waals surface area contributed by atoms with Gasteiger partial charge in [0.1, 0.15) is 18.1 Å². The Kier molecular flexibility index (Phi) is 5.21. The van der Waals surface area contributed by atoms with Crippen molar-refractivity contribution in [1.29, 1.82) is 0 Å². The van der Waals surface area contributed by atoms with E-state index < -0.39 is 12.8 Å². The van der Waals surface area contributed by atoms with Crippen molar-refractivity contribution in [2.75, 3.05) is 6.61 Å². The molecule has 2 aromatic rings. The third-order valence-electron chi connectivity index (χ3n) is 2.72.